The molecule has 1 fully saturated rings. The largest absolute Gasteiger partial charge is 1.00 e. The minimum absolute atomic E-state index is 0. The Morgan fingerprint density at radius 2 is 2.12 bits per heavy atom. The van der Waals surface area contributed by atoms with Gasteiger partial charge in [-0.05, 0) is 30.0 Å². The van der Waals surface area contributed by atoms with E-state index in [1.807, 2.05) is 0 Å². The first-order chi connectivity index (χ1) is 7.08. The summed E-state index contributed by atoms with van der Waals surface area (Å²) in [5.74, 6) is -0.777. The molecule has 0 bridgehead atoms. The Morgan fingerprint density at radius 3 is 2.62 bits per heavy atom. The van der Waals surface area contributed by atoms with Gasteiger partial charge < -0.3 is 15.6 Å². The summed E-state index contributed by atoms with van der Waals surface area (Å²) in [7, 11) is 0. The molecule has 1 aliphatic carbocycles. The minimum atomic E-state index is -2.59. The van der Waals surface area contributed by atoms with Crippen LogP contribution in [-0.4, -0.2) is 14.8 Å². The van der Waals surface area contributed by atoms with Crippen LogP contribution in [0.3, 0.4) is 0 Å². The number of halogens is 1. The summed E-state index contributed by atoms with van der Waals surface area (Å²) < 4.78 is 34.5. The Labute approximate surface area is 117 Å². The molecule has 0 aliphatic heterocycles. The Balaban J connectivity index is 0.00000128. The number of benzene rings is 1. The maximum atomic E-state index is 13.3. The molecule has 0 aromatic heterocycles. The summed E-state index contributed by atoms with van der Waals surface area (Å²) >= 11 is -2.59. The molecule has 0 spiro atoms. The van der Waals surface area contributed by atoms with Crippen molar-refractivity contribution in [1.29, 1.82) is 0 Å². The second-order valence-electron chi connectivity index (χ2n) is 3.52. The quantitative estimate of drug-likeness (QED) is 0.379. The third kappa shape index (κ3) is 3.18. The monoisotopic (exact) mass is 252 g/mol. The zero-order chi connectivity index (χ0) is 11.0. The van der Waals surface area contributed by atoms with Crippen molar-refractivity contribution < 1.29 is 42.7 Å². The van der Waals surface area contributed by atoms with Gasteiger partial charge in [0, 0.05) is 12.1 Å². The Morgan fingerprint density at radius 1 is 1.50 bits per heavy atom. The predicted molar refractivity (Wildman–Crippen MR) is 54.6 cm³/mol. The molecule has 16 heavy (non-hydrogen) atoms. The number of nitrogens with one attached hydrogen (secondary N) is 1. The van der Waals surface area contributed by atoms with Crippen molar-refractivity contribution in [2.75, 3.05) is 11.1 Å². The van der Waals surface area contributed by atoms with Crippen molar-refractivity contribution in [3.63, 3.8) is 0 Å². The molecule has 0 radical (unpaired) electrons. The van der Waals surface area contributed by atoms with Crippen LogP contribution < -0.4 is 40.6 Å². The molecular weight excluding hydrogens is 242 g/mol. The van der Waals surface area contributed by atoms with Gasteiger partial charge in [-0.2, -0.15) is 0 Å². The van der Waals surface area contributed by atoms with Crippen LogP contribution in [0.4, 0.5) is 15.8 Å². The average molecular weight is 252 g/mol. The molecule has 0 amide bonds. The predicted octanol–water partition coefficient (Wildman–Crippen LogP) is -1.78. The van der Waals surface area contributed by atoms with E-state index in [1.54, 1.807) is 0 Å². The maximum absolute atomic E-state index is 13.3. The van der Waals surface area contributed by atoms with Crippen molar-refractivity contribution in [2.45, 2.75) is 23.8 Å². The van der Waals surface area contributed by atoms with E-state index in [0.717, 1.165) is 25.0 Å². The van der Waals surface area contributed by atoms with E-state index in [0.29, 0.717) is 11.7 Å². The van der Waals surface area contributed by atoms with Gasteiger partial charge in [-0.25, -0.2) is 4.39 Å². The van der Waals surface area contributed by atoms with Crippen LogP contribution in [0.5, 0.6) is 0 Å². The molecule has 1 saturated carbocycles. The second kappa shape index (κ2) is 5.46. The van der Waals surface area contributed by atoms with Crippen LogP contribution in [-0.2, 0) is 11.1 Å². The maximum Gasteiger partial charge on any atom is 1.00 e. The van der Waals surface area contributed by atoms with Crippen molar-refractivity contribution in [3.05, 3.63) is 17.9 Å². The summed E-state index contributed by atoms with van der Waals surface area (Å²) in [6.45, 7) is 0. The molecule has 1 aromatic rings. The minimum Gasteiger partial charge on any atom is -0.768 e. The number of hydrogen-bond acceptors (Lipinski definition) is 4. The van der Waals surface area contributed by atoms with Crippen LogP contribution in [0.2, 0.25) is 0 Å². The van der Waals surface area contributed by atoms with Gasteiger partial charge in [0.2, 0.25) is 0 Å². The molecule has 0 saturated heterocycles. The SMILES string of the molecule is Nc1cc(S(=O)[O-])c(F)cc1NC1CC1.[Na+]. The number of anilines is 2. The molecule has 2 rings (SSSR count). The van der Waals surface area contributed by atoms with Crippen molar-refractivity contribution in [2.24, 2.45) is 0 Å². The average Bonchev–Trinajstić information content (AvgIpc) is 2.94. The van der Waals surface area contributed by atoms with Gasteiger partial charge in [-0.3, -0.25) is 4.21 Å². The molecule has 1 unspecified atom stereocenters. The molecule has 1 aliphatic rings. The number of rotatable bonds is 3. The van der Waals surface area contributed by atoms with Gasteiger partial charge >= 0.3 is 29.6 Å². The fourth-order valence-corrected chi connectivity index (χ4v) is 1.71. The Hall–Kier alpha value is -0.140. The standard InChI is InChI=1S/C9H11FN2O2S.Na/c10-6-3-8(12-5-1-2-5)7(11)4-9(6)15(13)14;/h3-5,12H,1-2,11H2,(H,13,14);/q;+1/p-1. The van der Waals surface area contributed by atoms with E-state index >= 15 is 0 Å². The summed E-state index contributed by atoms with van der Waals surface area (Å²) in [6, 6.07) is 2.59. The molecule has 0 heterocycles. The zero-order valence-corrected chi connectivity index (χ0v) is 11.6. The van der Waals surface area contributed by atoms with Gasteiger partial charge in [-0.15, -0.1) is 0 Å². The first-order valence-electron chi connectivity index (χ1n) is 4.52. The summed E-state index contributed by atoms with van der Waals surface area (Å²) in [4.78, 5) is -0.395. The van der Waals surface area contributed by atoms with Gasteiger partial charge in [0.1, 0.15) is 5.82 Å². The fourth-order valence-electron chi connectivity index (χ4n) is 1.27. The van der Waals surface area contributed by atoms with Crippen LogP contribution in [0.15, 0.2) is 17.0 Å². The van der Waals surface area contributed by atoms with E-state index in [9.17, 15) is 13.2 Å². The molecule has 3 N–H and O–H groups in total. The second-order valence-corrected chi connectivity index (χ2v) is 4.43. The Bertz CT molecular complexity index is 426. The summed E-state index contributed by atoms with van der Waals surface area (Å²) in [6.07, 6.45) is 2.08. The fraction of sp³-hybridized carbons (Fsp3) is 0.333. The number of nitrogen functional groups attached to an aromatic ring is 1. The summed E-state index contributed by atoms with van der Waals surface area (Å²) in [5, 5.41) is 3.03. The molecule has 82 valence electrons. The number of nitrogens with two attached hydrogens (primary N) is 1. The first-order valence-corrected chi connectivity index (χ1v) is 5.60. The van der Waals surface area contributed by atoms with Crippen LogP contribution in [0, 0.1) is 5.82 Å². The third-order valence-corrected chi connectivity index (χ3v) is 2.89. The summed E-state index contributed by atoms with van der Waals surface area (Å²) in [5.41, 5.74) is 6.32. The van der Waals surface area contributed by atoms with Crippen LogP contribution in [0.1, 0.15) is 12.8 Å². The number of hydrogen-bond donors (Lipinski definition) is 2. The van der Waals surface area contributed by atoms with E-state index in [-0.39, 0.29) is 35.2 Å². The van der Waals surface area contributed by atoms with Crippen molar-refractivity contribution >= 4 is 22.5 Å². The van der Waals surface area contributed by atoms with Crippen LogP contribution >= 0.6 is 0 Å². The van der Waals surface area contributed by atoms with Crippen molar-refractivity contribution in [1.82, 2.24) is 0 Å². The van der Waals surface area contributed by atoms with E-state index < -0.39 is 21.8 Å². The van der Waals surface area contributed by atoms with Gasteiger partial charge in [0.15, 0.2) is 0 Å². The van der Waals surface area contributed by atoms with Gasteiger partial charge in [0.05, 0.1) is 16.3 Å². The molecule has 1 atom stereocenters. The molecule has 7 heteroatoms. The first kappa shape index (κ1) is 13.9. The third-order valence-electron chi connectivity index (χ3n) is 2.22. The molecular formula is C9H10FN2NaO2S. The Kier molecular flexibility index (Phi) is 4.75. The van der Waals surface area contributed by atoms with Crippen LogP contribution in [0.25, 0.3) is 0 Å². The van der Waals surface area contributed by atoms with Gasteiger partial charge in [0.25, 0.3) is 0 Å². The van der Waals surface area contributed by atoms with E-state index in [4.69, 9.17) is 5.73 Å². The van der Waals surface area contributed by atoms with Gasteiger partial charge in [-0.1, -0.05) is 0 Å². The smallest absolute Gasteiger partial charge is 0.768 e. The normalized spacial score (nSPS) is 16.4. The van der Waals surface area contributed by atoms with E-state index in [1.165, 1.54) is 0 Å². The molecule has 1 aromatic carbocycles. The topological polar surface area (TPSA) is 78.2 Å². The zero-order valence-electron chi connectivity index (χ0n) is 8.83. The molecule has 4 nitrogen and oxygen atoms in total. The van der Waals surface area contributed by atoms with Crippen molar-refractivity contribution in [3.8, 4) is 0 Å². The van der Waals surface area contributed by atoms with E-state index in [2.05, 4.69) is 5.32 Å².